The number of carbonyl (C=O) groups is 3. The molecule has 1 aliphatic rings. The number of methoxy groups -OCH3 is 1. The van der Waals surface area contributed by atoms with E-state index in [-0.39, 0.29) is 24.0 Å². The number of para-hydroxylation sites is 2. The lowest BCUT2D eigenvalue weighted by atomic mass is 9.83. The molecule has 4 rings (SSSR count). The van der Waals surface area contributed by atoms with Gasteiger partial charge < -0.3 is 10.1 Å². The summed E-state index contributed by atoms with van der Waals surface area (Å²) in [6, 6.07) is 14.0. The van der Waals surface area contributed by atoms with Gasteiger partial charge in [-0.05, 0) is 30.9 Å². The van der Waals surface area contributed by atoms with E-state index < -0.39 is 12.0 Å². The predicted molar refractivity (Wildman–Crippen MR) is 109 cm³/mol. The molecule has 0 aliphatic heterocycles. The van der Waals surface area contributed by atoms with Crippen LogP contribution in [0.1, 0.15) is 36.0 Å². The van der Waals surface area contributed by atoms with E-state index in [1.807, 2.05) is 48.5 Å². The van der Waals surface area contributed by atoms with Crippen molar-refractivity contribution in [1.29, 1.82) is 0 Å². The van der Waals surface area contributed by atoms with Gasteiger partial charge in [-0.3, -0.25) is 9.59 Å². The summed E-state index contributed by atoms with van der Waals surface area (Å²) in [7, 11) is 1.30. The molecular weight excluding hydrogens is 368 g/mol. The van der Waals surface area contributed by atoms with Crippen molar-refractivity contribution >= 4 is 39.5 Å². The summed E-state index contributed by atoms with van der Waals surface area (Å²) in [5.41, 5.74) is 1.89. The Morgan fingerprint density at radius 3 is 2.28 bits per heavy atom. The molecule has 3 aromatic rings. The van der Waals surface area contributed by atoms with E-state index in [0.29, 0.717) is 46.6 Å². The van der Waals surface area contributed by atoms with Gasteiger partial charge in [-0.1, -0.05) is 36.4 Å². The van der Waals surface area contributed by atoms with Crippen LogP contribution in [0, 0.1) is 5.92 Å². The number of fused-ring (bicyclic) bond motifs is 2. The van der Waals surface area contributed by atoms with Crippen molar-refractivity contribution in [2.24, 2.45) is 5.92 Å². The standard InChI is InChI=1S/C23H22N2O4/c1-29-23(28)21(14-7-6-8-15(26)13-14)25-22(27)20-16-9-2-4-11-18(16)24-19-12-5-3-10-17(19)20/h2-5,9-12,14,21H,6-8,13H2,1H3,(H,25,27)/t14-,21-/m0/s1. The first kappa shape index (κ1) is 19.1. The highest BCUT2D eigenvalue weighted by Gasteiger charge is 2.34. The quantitative estimate of drug-likeness (QED) is 0.545. The average molecular weight is 390 g/mol. The monoisotopic (exact) mass is 390 g/mol. The topological polar surface area (TPSA) is 85.4 Å². The summed E-state index contributed by atoms with van der Waals surface area (Å²) < 4.78 is 4.94. The number of carbonyl (C=O) groups excluding carboxylic acids is 3. The number of hydrogen-bond acceptors (Lipinski definition) is 5. The number of benzene rings is 2. The highest BCUT2D eigenvalue weighted by Crippen LogP contribution is 2.28. The molecule has 1 fully saturated rings. The fraction of sp³-hybridized carbons (Fsp3) is 0.304. The van der Waals surface area contributed by atoms with E-state index in [4.69, 9.17) is 4.74 Å². The Bertz CT molecular complexity index is 1050. The molecule has 1 aromatic heterocycles. The zero-order valence-corrected chi connectivity index (χ0v) is 16.2. The Morgan fingerprint density at radius 1 is 1.07 bits per heavy atom. The number of Topliss-reactive ketones (excluding diaryl/α,β-unsaturated/α-hetero) is 1. The highest BCUT2D eigenvalue weighted by atomic mass is 16.5. The molecule has 6 heteroatoms. The Labute approximate surface area is 168 Å². The van der Waals surface area contributed by atoms with E-state index >= 15 is 0 Å². The first-order valence-corrected chi connectivity index (χ1v) is 9.76. The van der Waals surface area contributed by atoms with Crippen molar-refractivity contribution in [2.75, 3.05) is 7.11 Å². The van der Waals surface area contributed by atoms with E-state index in [1.165, 1.54) is 7.11 Å². The molecule has 2 atom stereocenters. The minimum Gasteiger partial charge on any atom is -0.467 e. The zero-order valence-electron chi connectivity index (χ0n) is 16.2. The molecule has 0 unspecified atom stereocenters. The number of nitrogens with zero attached hydrogens (tertiary/aromatic N) is 1. The fourth-order valence-electron chi connectivity index (χ4n) is 4.14. The van der Waals surface area contributed by atoms with Crippen LogP contribution in [-0.4, -0.2) is 35.8 Å². The molecule has 1 amide bonds. The van der Waals surface area contributed by atoms with Crippen molar-refractivity contribution < 1.29 is 19.1 Å². The van der Waals surface area contributed by atoms with Crippen LogP contribution in [0.5, 0.6) is 0 Å². The Balaban J connectivity index is 1.77. The molecule has 0 spiro atoms. The maximum Gasteiger partial charge on any atom is 0.328 e. The van der Waals surface area contributed by atoms with E-state index in [1.54, 1.807) is 0 Å². The predicted octanol–water partition coefficient (Wildman–Crippen LogP) is 3.42. The first-order chi connectivity index (χ1) is 14.1. The van der Waals surface area contributed by atoms with Crippen LogP contribution in [0.4, 0.5) is 0 Å². The molecule has 2 aromatic carbocycles. The third-order valence-electron chi connectivity index (χ3n) is 5.55. The van der Waals surface area contributed by atoms with Gasteiger partial charge in [0.15, 0.2) is 0 Å². The normalized spacial score (nSPS) is 17.8. The second-order valence-electron chi connectivity index (χ2n) is 7.39. The third-order valence-corrected chi connectivity index (χ3v) is 5.55. The van der Waals surface area contributed by atoms with Gasteiger partial charge in [0, 0.05) is 23.6 Å². The lowest BCUT2D eigenvalue weighted by Crippen LogP contribution is -2.48. The number of hydrogen-bond donors (Lipinski definition) is 1. The van der Waals surface area contributed by atoms with Gasteiger partial charge in [0.05, 0.1) is 23.7 Å². The van der Waals surface area contributed by atoms with Crippen LogP contribution < -0.4 is 5.32 Å². The van der Waals surface area contributed by atoms with Gasteiger partial charge >= 0.3 is 5.97 Å². The van der Waals surface area contributed by atoms with Crippen molar-refractivity contribution in [3.63, 3.8) is 0 Å². The second kappa shape index (κ2) is 7.99. The number of ketones is 1. The summed E-state index contributed by atoms with van der Waals surface area (Å²) in [5.74, 6) is -1.04. The molecule has 148 valence electrons. The van der Waals surface area contributed by atoms with E-state index in [0.717, 1.165) is 0 Å². The molecule has 29 heavy (non-hydrogen) atoms. The minimum absolute atomic E-state index is 0.115. The third kappa shape index (κ3) is 3.70. The number of amides is 1. The molecular formula is C23H22N2O4. The second-order valence-corrected chi connectivity index (χ2v) is 7.39. The van der Waals surface area contributed by atoms with Crippen LogP contribution in [0.3, 0.4) is 0 Å². The summed E-state index contributed by atoms with van der Waals surface area (Å²) in [6.07, 6.45) is 2.22. The van der Waals surface area contributed by atoms with Gasteiger partial charge in [-0.15, -0.1) is 0 Å². The molecule has 1 heterocycles. The number of nitrogens with one attached hydrogen (secondary N) is 1. The summed E-state index contributed by atoms with van der Waals surface area (Å²) in [5, 5.41) is 4.29. The maximum absolute atomic E-state index is 13.4. The Kier molecular flexibility index (Phi) is 5.25. The average Bonchev–Trinajstić information content (AvgIpc) is 2.75. The van der Waals surface area contributed by atoms with E-state index in [9.17, 15) is 14.4 Å². The van der Waals surface area contributed by atoms with Gasteiger partial charge in [-0.2, -0.15) is 0 Å². The van der Waals surface area contributed by atoms with Crippen molar-refractivity contribution in [3.8, 4) is 0 Å². The number of aromatic nitrogens is 1. The molecule has 0 radical (unpaired) electrons. The van der Waals surface area contributed by atoms with Gasteiger partial charge in [0.25, 0.3) is 5.91 Å². The van der Waals surface area contributed by atoms with E-state index in [2.05, 4.69) is 10.3 Å². The largest absolute Gasteiger partial charge is 0.467 e. The smallest absolute Gasteiger partial charge is 0.328 e. The van der Waals surface area contributed by atoms with Gasteiger partial charge in [0.2, 0.25) is 0 Å². The Hall–Kier alpha value is -3.28. The summed E-state index contributed by atoms with van der Waals surface area (Å²) in [6.45, 7) is 0. The van der Waals surface area contributed by atoms with Crippen LogP contribution in [0.2, 0.25) is 0 Å². The van der Waals surface area contributed by atoms with Crippen LogP contribution in [0.15, 0.2) is 48.5 Å². The number of ether oxygens (including phenoxy) is 1. The number of esters is 1. The molecule has 1 saturated carbocycles. The fourth-order valence-corrected chi connectivity index (χ4v) is 4.14. The molecule has 0 bridgehead atoms. The number of rotatable bonds is 4. The highest BCUT2D eigenvalue weighted by molar-refractivity contribution is 6.16. The summed E-state index contributed by atoms with van der Waals surface area (Å²) in [4.78, 5) is 42.4. The SMILES string of the molecule is COC(=O)[C@@H](NC(=O)c1c2ccccc2nc2ccccc12)[C@H]1CCCC(=O)C1. The minimum atomic E-state index is -0.859. The maximum atomic E-state index is 13.4. The van der Waals surface area contributed by atoms with Crippen molar-refractivity contribution in [1.82, 2.24) is 10.3 Å². The number of pyridine rings is 1. The molecule has 0 saturated heterocycles. The lowest BCUT2D eigenvalue weighted by Gasteiger charge is -2.28. The summed E-state index contributed by atoms with van der Waals surface area (Å²) >= 11 is 0. The van der Waals surface area contributed by atoms with Gasteiger partial charge in [0.1, 0.15) is 11.8 Å². The zero-order chi connectivity index (χ0) is 20.4. The van der Waals surface area contributed by atoms with Crippen molar-refractivity contribution in [3.05, 3.63) is 54.1 Å². The van der Waals surface area contributed by atoms with Gasteiger partial charge in [-0.25, -0.2) is 9.78 Å². The van der Waals surface area contributed by atoms with Crippen LogP contribution in [0.25, 0.3) is 21.8 Å². The first-order valence-electron chi connectivity index (χ1n) is 9.76. The van der Waals surface area contributed by atoms with Crippen molar-refractivity contribution in [2.45, 2.75) is 31.7 Å². The van der Waals surface area contributed by atoms with Crippen LogP contribution in [-0.2, 0) is 14.3 Å². The van der Waals surface area contributed by atoms with Crippen LogP contribution >= 0.6 is 0 Å². The molecule has 1 N–H and O–H groups in total. The Morgan fingerprint density at radius 2 is 1.69 bits per heavy atom. The molecule has 1 aliphatic carbocycles. The molecule has 6 nitrogen and oxygen atoms in total. The lowest BCUT2D eigenvalue weighted by molar-refractivity contribution is -0.145.